The van der Waals surface area contributed by atoms with Crippen LogP contribution in [0.5, 0.6) is 5.75 Å². The molecular formula is C22H21N3O5. The molecular weight excluding hydrogens is 386 g/mol. The number of primary amides is 1. The molecule has 0 bridgehead atoms. The Morgan fingerprint density at radius 1 is 1.13 bits per heavy atom. The van der Waals surface area contributed by atoms with Crippen molar-refractivity contribution in [3.05, 3.63) is 71.8 Å². The maximum atomic E-state index is 13.3. The van der Waals surface area contributed by atoms with Gasteiger partial charge < -0.3 is 15.4 Å². The van der Waals surface area contributed by atoms with Crippen LogP contribution in [0.25, 0.3) is 0 Å². The number of hydrogen-bond acceptors (Lipinski definition) is 5. The predicted octanol–water partition coefficient (Wildman–Crippen LogP) is 2.00. The molecule has 30 heavy (non-hydrogen) atoms. The minimum absolute atomic E-state index is 0.0289. The van der Waals surface area contributed by atoms with Crippen molar-refractivity contribution in [2.24, 2.45) is 5.73 Å². The first-order valence-electron chi connectivity index (χ1n) is 9.23. The summed E-state index contributed by atoms with van der Waals surface area (Å²) in [5.41, 5.74) is 6.33. The number of imide groups is 1. The van der Waals surface area contributed by atoms with Crippen LogP contribution in [0.15, 0.2) is 55.1 Å². The van der Waals surface area contributed by atoms with Gasteiger partial charge in [-0.05, 0) is 30.3 Å². The van der Waals surface area contributed by atoms with Crippen molar-refractivity contribution in [2.75, 3.05) is 25.1 Å². The summed E-state index contributed by atoms with van der Waals surface area (Å²) >= 11 is 0. The fourth-order valence-electron chi connectivity index (χ4n) is 3.28. The number of carbonyl (C=O) groups excluding carboxylic acids is 4. The van der Waals surface area contributed by atoms with Gasteiger partial charge in [-0.25, -0.2) is 0 Å². The fourth-order valence-corrected chi connectivity index (χ4v) is 3.28. The highest BCUT2D eigenvalue weighted by Gasteiger charge is 2.35. The first-order valence-corrected chi connectivity index (χ1v) is 9.23. The number of ether oxygens (including phenoxy) is 1. The number of methoxy groups -OCH3 is 1. The molecule has 0 aliphatic carbocycles. The second-order valence-corrected chi connectivity index (χ2v) is 6.61. The van der Waals surface area contributed by atoms with Crippen molar-refractivity contribution >= 4 is 29.3 Å². The summed E-state index contributed by atoms with van der Waals surface area (Å²) in [5, 5.41) is 0. The van der Waals surface area contributed by atoms with Crippen molar-refractivity contribution in [1.82, 2.24) is 4.90 Å². The largest absolute Gasteiger partial charge is 0.495 e. The summed E-state index contributed by atoms with van der Waals surface area (Å²) in [7, 11) is 1.48. The van der Waals surface area contributed by atoms with Gasteiger partial charge in [0, 0.05) is 25.1 Å². The third-order valence-electron chi connectivity index (χ3n) is 4.73. The number of fused-ring (bicyclic) bond motifs is 1. The molecule has 0 radical (unpaired) electrons. The van der Waals surface area contributed by atoms with Crippen molar-refractivity contribution in [3.8, 4) is 5.75 Å². The van der Waals surface area contributed by atoms with Gasteiger partial charge in [0.15, 0.2) is 0 Å². The van der Waals surface area contributed by atoms with Gasteiger partial charge >= 0.3 is 0 Å². The van der Waals surface area contributed by atoms with Crippen LogP contribution in [-0.2, 0) is 4.79 Å². The molecule has 1 aliphatic heterocycles. The summed E-state index contributed by atoms with van der Waals surface area (Å²) in [6, 6.07) is 11.2. The van der Waals surface area contributed by atoms with Crippen LogP contribution in [-0.4, -0.2) is 48.7 Å². The molecule has 2 aromatic rings. The Balaban J connectivity index is 2.00. The summed E-state index contributed by atoms with van der Waals surface area (Å²) in [5.74, 6) is -1.47. The Kier molecular flexibility index (Phi) is 5.96. The number of para-hydroxylation sites is 2. The van der Waals surface area contributed by atoms with Crippen molar-refractivity contribution in [2.45, 2.75) is 6.42 Å². The summed E-state index contributed by atoms with van der Waals surface area (Å²) < 4.78 is 5.34. The first kappa shape index (κ1) is 20.8. The number of rotatable bonds is 8. The normalized spacial score (nSPS) is 12.5. The SMILES string of the molecule is C=CCN1C(=O)c2ccc(C(=O)N(CCC(N)=O)c3ccccc3OC)cc2C1=O. The molecule has 3 rings (SSSR count). The zero-order valence-electron chi connectivity index (χ0n) is 16.5. The Labute approximate surface area is 173 Å². The average Bonchev–Trinajstić information content (AvgIpc) is 2.98. The number of carbonyl (C=O) groups is 4. The molecule has 154 valence electrons. The molecule has 0 atom stereocenters. The van der Waals surface area contributed by atoms with E-state index in [4.69, 9.17) is 10.5 Å². The molecule has 0 fully saturated rings. The smallest absolute Gasteiger partial charge is 0.261 e. The molecule has 1 heterocycles. The van der Waals surface area contributed by atoms with Crippen LogP contribution in [0.1, 0.15) is 37.5 Å². The number of anilines is 1. The zero-order valence-corrected chi connectivity index (χ0v) is 16.5. The van der Waals surface area contributed by atoms with Crippen LogP contribution in [0.3, 0.4) is 0 Å². The van der Waals surface area contributed by atoms with Gasteiger partial charge in [-0.15, -0.1) is 6.58 Å². The minimum atomic E-state index is -0.558. The Hall–Kier alpha value is -3.94. The molecule has 0 saturated heterocycles. The van der Waals surface area contributed by atoms with Crippen LogP contribution in [0.4, 0.5) is 5.69 Å². The van der Waals surface area contributed by atoms with Gasteiger partial charge in [0.05, 0.1) is 23.9 Å². The summed E-state index contributed by atoms with van der Waals surface area (Å²) in [4.78, 5) is 52.1. The molecule has 2 aromatic carbocycles. The predicted molar refractivity (Wildman–Crippen MR) is 110 cm³/mol. The molecule has 8 nitrogen and oxygen atoms in total. The van der Waals surface area contributed by atoms with E-state index in [-0.39, 0.29) is 36.2 Å². The first-order chi connectivity index (χ1) is 14.4. The van der Waals surface area contributed by atoms with Gasteiger partial charge in [-0.1, -0.05) is 18.2 Å². The molecule has 0 unspecified atom stereocenters. The van der Waals surface area contributed by atoms with Crippen molar-refractivity contribution < 1.29 is 23.9 Å². The van der Waals surface area contributed by atoms with E-state index in [9.17, 15) is 19.2 Å². The summed E-state index contributed by atoms with van der Waals surface area (Å²) in [6.45, 7) is 3.67. The van der Waals surface area contributed by atoms with E-state index in [0.29, 0.717) is 11.4 Å². The molecule has 2 N–H and O–H groups in total. The van der Waals surface area contributed by atoms with Crippen LogP contribution in [0, 0.1) is 0 Å². The van der Waals surface area contributed by atoms with Gasteiger partial charge in [0.25, 0.3) is 17.7 Å². The number of nitrogens with zero attached hydrogens (tertiary/aromatic N) is 2. The maximum absolute atomic E-state index is 13.3. The third-order valence-corrected chi connectivity index (χ3v) is 4.73. The Bertz CT molecular complexity index is 1050. The van der Waals surface area contributed by atoms with E-state index < -0.39 is 23.6 Å². The highest BCUT2D eigenvalue weighted by molar-refractivity contribution is 6.22. The molecule has 1 aliphatic rings. The highest BCUT2D eigenvalue weighted by Crippen LogP contribution is 2.30. The quantitative estimate of drug-likeness (QED) is 0.532. The van der Waals surface area contributed by atoms with Crippen LogP contribution < -0.4 is 15.4 Å². The van der Waals surface area contributed by atoms with E-state index in [2.05, 4.69) is 6.58 Å². The number of amides is 4. The highest BCUT2D eigenvalue weighted by atomic mass is 16.5. The van der Waals surface area contributed by atoms with Gasteiger partial charge in [0.1, 0.15) is 5.75 Å². The monoisotopic (exact) mass is 407 g/mol. The number of hydrogen-bond donors (Lipinski definition) is 1. The lowest BCUT2D eigenvalue weighted by molar-refractivity contribution is -0.117. The van der Waals surface area contributed by atoms with E-state index in [1.165, 1.54) is 36.3 Å². The lowest BCUT2D eigenvalue weighted by Crippen LogP contribution is -2.34. The van der Waals surface area contributed by atoms with Gasteiger partial charge in [0.2, 0.25) is 5.91 Å². The lowest BCUT2D eigenvalue weighted by atomic mass is 10.0. The molecule has 4 amide bonds. The van der Waals surface area contributed by atoms with E-state index in [1.54, 1.807) is 24.3 Å². The Morgan fingerprint density at radius 3 is 2.50 bits per heavy atom. The van der Waals surface area contributed by atoms with Gasteiger partial charge in [-0.2, -0.15) is 0 Å². The maximum Gasteiger partial charge on any atom is 0.261 e. The molecule has 0 aromatic heterocycles. The molecule has 8 heteroatoms. The lowest BCUT2D eigenvalue weighted by Gasteiger charge is -2.24. The second-order valence-electron chi connectivity index (χ2n) is 6.61. The van der Waals surface area contributed by atoms with E-state index in [1.807, 2.05) is 0 Å². The fraction of sp³-hybridized carbons (Fsp3) is 0.182. The van der Waals surface area contributed by atoms with E-state index >= 15 is 0 Å². The van der Waals surface area contributed by atoms with Crippen LogP contribution in [0.2, 0.25) is 0 Å². The topological polar surface area (TPSA) is 110 Å². The summed E-state index contributed by atoms with van der Waals surface area (Å²) in [6.07, 6.45) is 1.40. The van der Waals surface area contributed by atoms with Gasteiger partial charge in [-0.3, -0.25) is 24.1 Å². The van der Waals surface area contributed by atoms with E-state index in [0.717, 1.165) is 4.90 Å². The number of nitrogens with two attached hydrogens (primary N) is 1. The van der Waals surface area contributed by atoms with Crippen LogP contribution >= 0.6 is 0 Å². The van der Waals surface area contributed by atoms with Crippen molar-refractivity contribution in [3.63, 3.8) is 0 Å². The van der Waals surface area contributed by atoms with Crippen molar-refractivity contribution in [1.29, 1.82) is 0 Å². The second kappa shape index (κ2) is 8.60. The average molecular weight is 407 g/mol. The third kappa shape index (κ3) is 3.80. The number of benzene rings is 2. The molecule has 0 spiro atoms. The molecule has 0 saturated carbocycles. The minimum Gasteiger partial charge on any atom is -0.495 e. The standard InChI is InChI=1S/C22H21N3O5/c1-3-11-25-21(28)15-9-8-14(13-16(15)22(25)29)20(27)24(12-10-19(23)26)17-6-4-5-7-18(17)30-2/h3-9,13H,1,10-12H2,2H3,(H2,23,26). The zero-order chi connectivity index (χ0) is 21.8. The Morgan fingerprint density at radius 2 is 1.83 bits per heavy atom.